The number of hydrogen-bond donors (Lipinski definition) is 1. The van der Waals surface area contributed by atoms with E-state index in [1.54, 1.807) is 26.4 Å². The Morgan fingerprint density at radius 3 is 2.85 bits per heavy atom. The zero-order chi connectivity index (χ0) is 19.8. The summed E-state index contributed by atoms with van der Waals surface area (Å²) in [6.07, 6.45) is 3.15. The summed E-state index contributed by atoms with van der Waals surface area (Å²) in [5.41, 5.74) is 0. The minimum atomic E-state index is -0.406. The van der Waals surface area contributed by atoms with Gasteiger partial charge in [-0.2, -0.15) is 14.4 Å². The number of likely N-dealkylation sites (tertiary alicyclic amines) is 1. The van der Waals surface area contributed by atoms with Gasteiger partial charge in [0, 0.05) is 44.9 Å². The number of ether oxygens (including phenoxy) is 2. The van der Waals surface area contributed by atoms with Gasteiger partial charge in [-0.05, 0) is 13.8 Å². The fourth-order valence-corrected chi connectivity index (χ4v) is 3.54. The quantitative estimate of drug-likeness (QED) is 0.743. The van der Waals surface area contributed by atoms with Crippen LogP contribution in [-0.4, -0.2) is 59.0 Å². The molecule has 2 atom stereocenters. The summed E-state index contributed by atoms with van der Waals surface area (Å²) in [6.45, 7) is 4.76. The Bertz CT molecular complexity index is 745. The van der Waals surface area contributed by atoms with Crippen molar-refractivity contribution in [3.63, 3.8) is 0 Å². The van der Waals surface area contributed by atoms with E-state index in [0.717, 1.165) is 12.7 Å². The Morgan fingerprint density at radius 1 is 1.48 bits per heavy atom. The van der Waals surface area contributed by atoms with E-state index in [-0.39, 0.29) is 12.1 Å². The number of halogens is 1. The van der Waals surface area contributed by atoms with Gasteiger partial charge in [-0.1, -0.05) is 11.3 Å². The summed E-state index contributed by atoms with van der Waals surface area (Å²) < 4.78 is 24.8. The summed E-state index contributed by atoms with van der Waals surface area (Å²) in [6, 6.07) is 2.25. The van der Waals surface area contributed by atoms with E-state index in [1.165, 1.54) is 18.3 Å². The topological polar surface area (TPSA) is 89.5 Å². The van der Waals surface area contributed by atoms with E-state index in [4.69, 9.17) is 14.3 Å². The molecule has 10 heteroatoms. The number of anilines is 1. The first kappa shape index (κ1) is 21.0. The smallest absolute Gasteiger partial charge is 0.319 e. The van der Waals surface area contributed by atoms with Gasteiger partial charge in [-0.3, -0.25) is 4.90 Å². The molecule has 2 aromatic rings. The maximum atomic E-state index is 13.9. The Kier molecular flexibility index (Phi) is 7.86. The van der Waals surface area contributed by atoms with Gasteiger partial charge in [-0.15, -0.1) is 0 Å². The molecule has 1 N–H and O–H groups in total. The number of carbonyl (C=O) groups is 1. The summed E-state index contributed by atoms with van der Waals surface area (Å²) in [4.78, 5) is 23.7. The van der Waals surface area contributed by atoms with E-state index >= 15 is 0 Å². The molecule has 0 aromatic carbocycles. The highest BCUT2D eigenvalue weighted by molar-refractivity contribution is 7.15. The fraction of sp³-hybridized carbons (Fsp3) is 0.529. The molecule has 0 amide bonds. The molecule has 0 saturated carbocycles. The van der Waals surface area contributed by atoms with E-state index < -0.39 is 5.95 Å². The standard InChI is InChI=1S/C15H20FN5O2S.C2H4O/c1-9-6-10(23-14-18-5-4-12(19-14)22-3)7-21(9)8-11-13(16)20-15(17-2)24-11;1-2-3/h4-5,9-10H,6-8H2,1-3H3,(H,17,20);2H,1H3. The molecule has 2 aromatic heterocycles. The molecule has 2 unspecified atom stereocenters. The molecule has 1 aliphatic heterocycles. The maximum Gasteiger partial charge on any atom is 0.319 e. The highest BCUT2D eigenvalue weighted by Gasteiger charge is 2.32. The second kappa shape index (κ2) is 10.1. The molecular weight excluding hydrogens is 373 g/mol. The first-order chi connectivity index (χ1) is 13.0. The molecule has 1 saturated heterocycles. The Labute approximate surface area is 161 Å². The molecule has 8 nitrogen and oxygen atoms in total. The molecule has 0 aliphatic carbocycles. The van der Waals surface area contributed by atoms with Crippen molar-refractivity contribution >= 4 is 22.8 Å². The number of methoxy groups -OCH3 is 1. The van der Waals surface area contributed by atoms with Crippen LogP contribution in [0.2, 0.25) is 0 Å². The van der Waals surface area contributed by atoms with Gasteiger partial charge in [0.05, 0.1) is 12.0 Å². The molecule has 3 rings (SSSR count). The molecule has 3 heterocycles. The molecule has 27 heavy (non-hydrogen) atoms. The summed E-state index contributed by atoms with van der Waals surface area (Å²) in [5, 5.41) is 3.46. The number of thiazole rings is 1. The Hall–Kier alpha value is -2.33. The molecule has 0 spiro atoms. The van der Waals surface area contributed by atoms with Gasteiger partial charge in [-0.25, -0.2) is 4.98 Å². The lowest BCUT2D eigenvalue weighted by Crippen LogP contribution is -2.28. The lowest BCUT2D eigenvalue weighted by Gasteiger charge is -2.19. The lowest BCUT2D eigenvalue weighted by atomic mass is 10.2. The number of rotatable bonds is 6. The first-order valence-electron chi connectivity index (χ1n) is 8.51. The minimum Gasteiger partial charge on any atom is -0.481 e. The predicted molar refractivity (Wildman–Crippen MR) is 101 cm³/mol. The van der Waals surface area contributed by atoms with Crippen LogP contribution in [0.15, 0.2) is 12.3 Å². The van der Waals surface area contributed by atoms with Gasteiger partial charge in [0.2, 0.25) is 11.8 Å². The monoisotopic (exact) mass is 397 g/mol. The van der Waals surface area contributed by atoms with Gasteiger partial charge in [0.15, 0.2) is 5.13 Å². The van der Waals surface area contributed by atoms with Crippen molar-refractivity contribution in [3.8, 4) is 11.9 Å². The van der Waals surface area contributed by atoms with Crippen LogP contribution in [0.1, 0.15) is 25.1 Å². The third-order valence-corrected chi connectivity index (χ3v) is 5.00. The number of nitrogens with zero attached hydrogens (tertiary/aromatic N) is 4. The third kappa shape index (κ3) is 5.83. The molecule has 0 bridgehead atoms. The van der Waals surface area contributed by atoms with Crippen molar-refractivity contribution in [1.29, 1.82) is 0 Å². The second-order valence-electron chi connectivity index (χ2n) is 5.85. The highest BCUT2D eigenvalue weighted by Crippen LogP contribution is 2.28. The zero-order valence-electron chi connectivity index (χ0n) is 15.8. The number of aldehydes is 1. The first-order valence-corrected chi connectivity index (χ1v) is 9.32. The number of hydrogen-bond acceptors (Lipinski definition) is 9. The number of carbonyl (C=O) groups excluding carboxylic acids is 1. The largest absolute Gasteiger partial charge is 0.481 e. The van der Waals surface area contributed by atoms with Gasteiger partial charge < -0.3 is 19.6 Å². The van der Waals surface area contributed by atoms with E-state index in [2.05, 4.69) is 32.1 Å². The van der Waals surface area contributed by atoms with Crippen LogP contribution in [0.5, 0.6) is 11.9 Å². The van der Waals surface area contributed by atoms with Crippen molar-refractivity contribution in [2.45, 2.75) is 39.0 Å². The van der Waals surface area contributed by atoms with Gasteiger partial charge >= 0.3 is 6.01 Å². The van der Waals surface area contributed by atoms with E-state index in [0.29, 0.717) is 35.0 Å². The van der Waals surface area contributed by atoms with Crippen LogP contribution in [0.4, 0.5) is 9.52 Å². The van der Waals surface area contributed by atoms with Crippen LogP contribution < -0.4 is 14.8 Å². The molecule has 1 aliphatic rings. The predicted octanol–water partition coefficient (Wildman–Crippen LogP) is 2.37. The van der Waals surface area contributed by atoms with Crippen LogP contribution in [0, 0.1) is 5.95 Å². The van der Waals surface area contributed by atoms with Gasteiger partial charge in [0.25, 0.3) is 0 Å². The van der Waals surface area contributed by atoms with Crippen molar-refractivity contribution < 1.29 is 18.7 Å². The average molecular weight is 397 g/mol. The Balaban J connectivity index is 0.000000817. The third-order valence-electron chi connectivity index (χ3n) is 3.96. The van der Waals surface area contributed by atoms with Crippen molar-refractivity contribution in [1.82, 2.24) is 19.9 Å². The summed E-state index contributed by atoms with van der Waals surface area (Å²) >= 11 is 1.34. The SMILES string of the molecule is CC=O.CNc1nc(F)c(CN2CC(Oc3nccc(OC)n3)CC2C)s1. The summed E-state index contributed by atoms with van der Waals surface area (Å²) in [5.74, 6) is 0.0614. The van der Waals surface area contributed by atoms with Crippen LogP contribution in [0.25, 0.3) is 0 Å². The lowest BCUT2D eigenvalue weighted by molar-refractivity contribution is -0.106. The minimum absolute atomic E-state index is 0.0353. The number of nitrogens with one attached hydrogen (secondary N) is 1. The van der Waals surface area contributed by atoms with Crippen molar-refractivity contribution in [2.24, 2.45) is 0 Å². The van der Waals surface area contributed by atoms with Crippen molar-refractivity contribution in [2.75, 3.05) is 26.0 Å². The van der Waals surface area contributed by atoms with E-state index in [1.807, 2.05) is 0 Å². The van der Waals surface area contributed by atoms with Crippen LogP contribution >= 0.6 is 11.3 Å². The molecular formula is C17H24FN5O3S. The average Bonchev–Trinajstić information content (AvgIpc) is 3.18. The van der Waals surface area contributed by atoms with Gasteiger partial charge in [0.1, 0.15) is 12.4 Å². The maximum absolute atomic E-state index is 13.9. The molecule has 0 radical (unpaired) electrons. The highest BCUT2D eigenvalue weighted by atomic mass is 32.1. The Morgan fingerprint density at radius 2 is 2.22 bits per heavy atom. The van der Waals surface area contributed by atoms with E-state index in [9.17, 15) is 4.39 Å². The van der Waals surface area contributed by atoms with Crippen LogP contribution in [-0.2, 0) is 11.3 Å². The molecule has 148 valence electrons. The van der Waals surface area contributed by atoms with Crippen molar-refractivity contribution in [3.05, 3.63) is 23.1 Å². The molecule has 1 fully saturated rings. The fourth-order valence-electron chi connectivity index (χ4n) is 2.72. The normalized spacial score (nSPS) is 19.1. The van der Waals surface area contributed by atoms with Crippen LogP contribution in [0.3, 0.4) is 0 Å². The zero-order valence-corrected chi connectivity index (χ0v) is 16.6. The second-order valence-corrected chi connectivity index (χ2v) is 6.94. The summed E-state index contributed by atoms with van der Waals surface area (Å²) in [7, 11) is 3.28. The number of aromatic nitrogens is 3.